The number of para-hydroxylation sites is 1. The molecule has 1 aromatic carbocycles. The zero-order valence-electron chi connectivity index (χ0n) is 11.8. The molecule has 0 spiro atoms. The van der Waals surface area contributed by atoms with Gasteiger partial charge in [0.2, 0.25) is 5.88 Å². The molecule has 0 bridgehead atoms. The summed E-state index contributed by atoms with van der Waals surface area (Å²) < 4.78 is 10.3. The number of nitrogens with one attached hydrogen (secondary N) is 1. The van der Waals surface area contributed by atoms with Crippen LogP contribution in [-0.2, 0) is 0 Å². The second-order valence-corrected chi connectivity index (χ2v) is 4.47. The van der Waals surface area contributed by atoms with E-state index in [4.69, 9.17) is 9.26 Å². The molecule has 0 atom stereocenters. The minimum absolute atomic E-state index is 0.266. The summed E-state index contributed by atoms with van der Waals surface area (Å²) in [5, 5.41) is 6.59. The summed E-state index contributed by atoms with van der Waals surface area (Å²) in [7, 11) is 1.52. The van der Waals surface area contributed by atoms with Crippen LogP contribution < -0.4 is 10.1 Å². The minimum atomic E-state index is -0.324. The van der Waals surface area contributed by atoms with Crippen molar-refractivity contribution in [2.75, 3.05) is 12.4 Å². The Balaban J connectivity index is 1.79. The number of carbonyl (C=O) groups excluding carboxylic acids is 1. The Morgan fingerprint density at radius 3 is 2.73 bits per heavy atom. The van der Waals surface area contributed by atoms with Gasteiger partial charge in [-0.1, -0.05) is 17.3 Å². The van der Waals surface area contributed by atoms with Gasteiger partial charge in [0.05, 0.1) is 12.7 Å². The van der Waals surface area contributed by atoms with Crippen LogP contribution in [0.2, 0.25) is 0 Å². The van der Waals surface area contributed by atoms with E-state index < -0.39 is 0 Å². The van der Waals surface area contributed by atoms with Crippen molar-refractivity contribution in [3.63, 3.8) is 0 Å². The predicted molar refractivity (Wildman–Crippen MR) is 80.7 cm³/mol. The fraction of sp³-hybridized carbons (Fsp3) is 0.0625. The zero-order chi connectivity index (χ0) is 15.4. The number of anilines is 1. The maximum absolute atomic E-state index is 12.3. The third kappa shape index (κ3) is 2.80. The molecule has 3 rings (SSSR count). The Kier molecular flexibility index (Phi) is 3.82. The molecular formula is C16H13N3O3. The van der Waals surface area contributed by atoms with Gasteiger partial charge in [-0.05, 0) is 24.3 Å². The molecule has 6 heteroatoms. The topological polar surface area (TPSA) is 77.2 Å². The molecule has 0 aliphatic carbocycles. The van der Waals surface area contributed by atoms with E-state index in [1.165, 1.54) is 7.11 Å². The Labute approximate surface area is 126 Å². The number of hydrogen-bond donors (Lipinski definition) is 1. The van der Waals surface area contributed by atoms with Crippen LogP contribution in [0.5, 0.6) is 5.75 Å². The molecule has 22 heavy (non-hydrogen) atoms. The lowest BCUT2D eigenvalue weighted by Gasteiger charge is -2.06. The first-order valence-electron chi connectivity index (χ1n) is 6.59. The van der Waals surface area contributed by atoms with E-state index >= 15 is 0 Å². The number of hydrogen-bond acceptors (Lipinski definition) is 5. The van der Waals surface area contributed by atoms with Crippen LogP contribution in [0.25, 0.3) is 11.3 Å². The molecular weight excluding hydrogens is 282 g/mol. The largest absolute Gasteiger partial charge is 0.496 e. The smallest absolute Gasteiger partial charge is 0.261 e. The van der Waals surface area contributed by atoms with Gasteiger partial charge in [-0.25, -0.2) is 0 Å². The summed E-state index contributed by atoms with van der Waals surface area (Å²) in [6.45, 7) is 0. The van der Waals surface area contributed by atoms with Crippen LogP contribution in [0.4, 0.5) is 5.88 Å². The Morgan fingerprint density at radius 2 is 1.95 bits per heavy atom. The molecule has 0 aliphatic heterocycles. The van der Waals surface area contributed by atoms with Gasteiger partial charge >= 0.3 is 0 Å². The summed E-state index contributed by atoms with van der Waals surface area (Å²) in [6.07, 6.45) is 3.33. The van der Waals surface area contributed by atoms with Crippen molar-refractivity contribution in [3.8, 4) is 17.0 Å². The van der Waals surface area contributed by atoms with Crippen molar-refractivity contribution in [3.05, 3.63) is 60.4 Å². The SMILES string of the molecule is COc1ccccc1C(=O)Nc1cc(-c2ccncc2)no1. The van der Waals surface area contributed by atoms with Crippen LogP contribution in [0.3, 0.4) is 0 Å². The molecule has 0 radical (unpaired) electrons. The number of pyridine rings is 1. The first-order valence-corrected chi connectivity index (χ1v) is 6.59. The van der Waals surface area contributed by atoms with Crippen molar-refractivity contribution in [2.45, 2.75) is 0 Å². The van der Waals surface area contributed by atoms with Gasteiger partial charge in [-0.15, -0.1) is 0 Å². The van der Waals surface area contributed by atoms with Crippen LogP contribution in [-0.4, -0.2) is 23.2 Å². The number of carbonyl (C=O) groups is 1. The highest BCUT2D eigenvalue weighted by Crippen LogP contribution is 2.23. The third-order valence-corrected chi connectivity index (χ3v) is 3.07. The van der Waals surface area contributed by atoms with Gasteiger partial charge in [0.15, 0.2) is 0 Å². The highest BCUT2D eigenvalue weighted by atomic mass is 16.5. The quantitative estimate of drug-likeness (QED) is 0.800. The number of amides is 1. The molecule has 0 aliphatic rings. The standard InChI is InChI=1S/C16H13N3O3/c1-21-14-5-3-2-4-12(14)16(20)18-15-10-13(19-22-15)11-6-8-17-9-7-11/h2-10H,1H3,(H,18,20). The van der Waals surface area contributed by atoms with E-state index in [0.717, 1.165) is 5.56 Å². The lowest BCUT2D eigenvalue weighted by atomic mass is 10.2. The van der Waals surface area contributed by atoms with Gasteiger partial charge < -0.3 is 9.26 Å². The summed E-state index contributed by atoms with van der Waals surface area (Å²) in [5.41, 5.74) is 1.90. The molecule has 0 fully saturated rings. The molecule has 0 unspecified atom stereocenters. The van der Waals surface area contributed by atoms with Gasteiger partial charge in [-0.2, -0.15) is 0 Å². The maximum atomic E-state index is 12.3. The van der Waals surface area contributed by atoms with Crippen molar-refractivity contribution in [1.29, 1.82) is 0 Å². The monoisotopic (exact) mass is 295 g/mol. The number of benzene rings is 1. The third-order valence-electron chi connectivity index (χ3n) is 3.07. The van der Waals surface area contributed by atoms with E-state index in [-0.39, 0.29) is 11.8 Å². The first kappa shape index (κ1) is 13.8. The Hall–Kier alpha value is -3.15. The van der Waals surface area contributed by atoms with Crippen molar-refractivity contribution in [1.82, 2.24) is 10.1 Å². The van der Waals surface area contributed by atoms with Crippen LogP contribution in [0.1, 0.15) is 10.4 Å². The normalized spacial score (nSPS) is 10.2. The van der Waals surface area contributed by atoms with Crippen LogP contribution in [0.15, 0.2) is 59.4 Å². The Morgan fingerprint density at radius 1 is 1.18 bits per heavy atom. The van der Waals surface area contributed by atoms with Crippen LogP contribution in [0, 0.1) is 0 Å². The van der Waals surface area contributed by atoms with E-state index in [0.29, 0.717) is 17.0 Å². The molecule has 3 aromatic rings. The Bertz CT molecular complexity index is 784. The molecule has 0 saturated carbocycles. The fourth-order valence-corrected chi connectivity index (χ4v) is 2.00. The maximum Gasteiger partial charge on any atom is 0.261 e. The van der Waals surface area contributed by atoms with E-state index in [1.807, 2.05) is 12.1 Å². The molecule has 2 heterocycles. The number of rotatable bonds is 4. The molecule has 6 nitrogen and oxygen atoms in total. The van der Waals surface area contributed by atoms with E-state index in [1.54, 1.807) is 42.7 Å². The van der Waals surface area contributed by atoms with Crippen LogP contribution >= 0.6 is 0 Å². The number of methoxy groups -OCH3 is 1. The van der Waals surface area contributed by atoms with E-state index in [9.17, 15) is 4.79 Å². The zero-order valence-corrected chi connectivity index (χ0v) is 11.8. The lowest BCUT2D eigenvalue weighted by Crippen LogP contribution is -2.12. The van der Waals surface area contributed by atoms with E-state index in [2.05, 4.69) is 15.5 Å². The number of ether oxygens (including phenoxy) is 1. The molecule has 1 N–H and O–H groups in total. The van der Waals surface area contributed by atoms with Crippen molar-refractivity contribution in [2.24, 2.45) is 0 Å². The molecule has 110 valence electrons. The average molecular weight is 295 g/mol. The predicted octanol–water partition coefficient (Wildman–Crippen LogP) is 3.00. The molecule has 1 amide bonds. The minimum Gasteiger partial charge on any atom is -0.496 e. The summed E-state index contributed by atoms with van der Waals surface area (Å²) >= 11 is 0. The van der Waals surface area contributed by atoms with Crippen molar-refractivity contribution < 1.29 is 14.1 Å². The molecule has 2 aromatic heterocycles. The molecule has 0 saturated heterocycles. The fourth-order valence-electron chi connectivity index (χ4n) is 2.00. The lowest BCUT2D eigenvalue weighted by molar-refractivity contribution is 0.102. The van der Waals surface area contributed by atoms with Gasteiger partial charge in [0, 0.05) is 24.0 Å². The number of aromatic nitrogens is 2. The second-order valence-electron chi connectivity index (χ2n) is 4.47. The summed E-state index contributed by atoms with van der Waals surface area (Å²) in [5.74, 6) is 0.437. The highest BCUT2D eigenvalue weighted by molar-refractivity contribution is 6.05. The summed E-state index contributed by atoms with van der Waals surface area (Å²) in [6, 6.07) is 12.2. The van der Waals surface area contributed by atoms with Crippen molar-refractivity contribution >= 4 is 11.8 Å². The second kappa shape index (κ2) is 6.09. The van der Waals surface area contributed by atoms with Gasteiger partial charge in [-0.3, -0.25) is 15.1 Å². The summed E-state index contributed by atoms with van der Waals surface area (Å²) in [4.78, 5) is 16.2. The first-order chi connectivity index (χ1) is 10.8. The highest BCUT2D eigenvalue weighted by Gasteiger charge is 2.14. The van der Waals surface area contributed by atoms with Gasteiger partial charge in [0.25, 0.3) is 5.91 Å². The average Bonchev–Trinajstić information content (AvgIpc) is 3.04. The van der Waals surface area contributed by atoms with Gasteiger partial charge in [0.1, 0.15) is 11.4 Å². The number of nitrogens with zero attached hydrogens (tertiary/aromatic N) is 2.